The van der Waals surface area contributed by atoms with Gasteiger partial charge in [0.2, 0.25) is 5.91 Å². The molecule has 1 unspecified atom stereocenters. The highest BCUT2D eigenvalue weighted by Crippen LogP contribution is 2.31. The van der Waals surface area contributed by atoms with E-state index in [4.69, 9.17) is 21.6 Å². The Bertz CT molecular complexity index is 934. The molecule has 0 radical (unpaired) electrons. The number of halogens is 1. The van der Waals surface area contributed by atoms with E-state index in [1.165, 1.54) is 13.0 Å². The topological polar surface area (TPSA) is 96.3 Å². The fourth-order valence-corrected chi connectivity index (χ4v) is 2.49. The van der Waals surface area contributed by atoms with E-state index in [1.54, 1.807) is 36.4 Å². The van der Waals surface area contributed by atoms with Crippen molar-refractivity contribution in [2.75, 3.05) is 11.6 Å². The first-order valence-corrected chi connectivity index (χ1v) is 9.51. The highest BCUT2D eigenvalue weighted by Gasteiger charge is 2.23. The van der Waals surface area contributed by atoms with Crippen LogP contribution in [0, 0.1) is 11.3 Å². The smallest absolute Gasteiger partial charge is 0.242 e. The molecule has 1 amide bonds. The normalized spacial score (nSPS) is 12.1. The second-order valence-corrected chi connectivity index (χ2v) is 8.12. The predicted octanol–water partition coefficient (Wildman–Crippen LogP) is 3.38. The summed E-state index contributed by atoms with van der Waals surface area (Å²) in [6, 6.07) is 13.1. The molecule has 1 atom stereocenters. The maximum atomic E-state index is 11.9. The number of nitrogens with one attached hydrogen (secondary N) is 1. The number of amides is 1. The number of carbonyl (C=O) groups excluding carboxylic acids is 1. The van der Waals surface area contributed by atoms with Crippen LogP contribution in [0.2, 0.25) is 5.02 Å². The average Bonchev–Trinajstić information content (AvgIpc) is 2.56. The monoisotopic (exact) mass is 378 g/mol. The lowest BCUT2D eigenvalue weighted by Crippen LogP contribution is -2.31. The van der Waals surface area contributed by atoms with Crippen LogP contribution in [0.5, 0.6) is 11.5 Å². The van der Waals surface area contributed by atoms with Crippen LogP contribution in [0.1, 0.15) is 12.5 Å². The lowest BCUT2D eigenvalue weighted by Gasteiger charge is -2.12. The summed E-state index contributed by atoms with van der Waals surface area (Å²) in [5, 5.41) is 10.3. The quantitative estimate of drug-likeness (QED) is 0.860. The first-order chi connectivity index (χ1) is 11.7. The molecule has 0 heterocycles. The molecule has 0 aromatic heterocycles. The Morgan fingerprint density at radius 3 is 2.40 bits per heavy atom. The third kappa shape index (κ3) is 4.95. The van der Waals surface area contributed by atoms with Gasteiger partial charge in [-0.25, -0.2) is 8.42 Å². The SMILES string of the molecule is CC(C(=O)Nc1ccc(Oc2ccc(C#N)cc2)c(Cl)c1)S(C)(=O)=O. The molecule has 8 heteroatoms. The minimum atomic E-state index is -3.48. The fraction of sp³-hybridized carbons (Fsp3) is 0.176. The zero-order valence-electron chi connectivity index (χ0n) is 13.5. The van der Waals surface area contributed by atoms with Crippen LogP contribution >= 0.6 is 11.6 Å². The maximum absolute atomic E-state index is 11.9. The number of anilines is 1. The van der Waals surface area contributed by atoms with Gasteiger partial charge in [-0.2, -0.15) is 5.26 Å². The molecule has 0 aliphatic heterocycles. The summed E-state index contributed by atoms with van der Waals surface area (Å²) in [6.07, 6.45) is 0.999. The molecule has 0 spiro atoms. The summed E-state index contributed by atoms with van der Waals surface area (Å²) in [5.74, 6) is 0.225. The van der Waals surface area contributed by atoms with Crippen molar-refractivity contribution < 1.29 is 17.9 Å². The molecule has 0 saturated heterocycles. The Morgan fingerprint density at radius 1 is 1.24 bits per heavy atom. The molecule has 25 heavy (non-hydrogen) atoms. The molecule has 130 valence electrons. The van der Waals surface area contributed by atoms with Gasteiger partial charge in [-0.05, 0) is 49.4 Å². The third-order valence-corrected chi connectivity index (χ3v) is 5.22. The lowest BCUT2D eigenvalue weighted by atomic mass is 10.2. The van der Waals surface area contributed by atoms with Crippen molar-refractivity contribution >= 4 is 33.0 Å². The fourth-order valence-electron chi connectivity index (χ4n) is 1.82. The van der Waals surface area contributed by atoms with E-state index in [2.05, 4.69) is 5.32 Å². The Balaban J connectivity index is 2.12. The number of nitrogens with zero attached hydrogens (tertiary/aromatic N) is 1. The molecule has 0 aliphatic rings. The minimum Gasteiger partial charge on any atom is -0.456 e. The summed E-state index contributed by atoms with van der Waals surface area (Å²) < 4.78 is 28.4. The molecule has 0 fully saturated rings. The van der Waals surface area contributed by atoms with Gasteiger partial charge in [0.1, 0.15) is 16.7 Å². The number of benzene rings is 2. The van der Waals surface area contributed by atoms with Crippen molar-refractivity contribution in [3.8, 4) is 17.6 Å². The van der Waals surface area contributed by atoms with E-state index in [0.717, 1.165) is 6.26 Å². The van der Waals surface area contributed by atoms with Crippen LogP contribution in [0.3, 0.4) is 0 Å². The van der Waals surface area contributed by atoms with Gasteiger partial charge in [0.05, 0.1) is 16.7 Å². The van der Waals surface area contributed by atoms with Crippen LogP contribution in [-0.2, 0) is 14.6 Å². The van der Waals surface area contributed by atoms with Crippen LogP contribution in [0.4, 0.5) is 5.69 Å². The van der Waals surface area contributed by atoms with Crippen LogP contribution in [0.15, 0.2) is 42.5 Å². The van der Waals surface area contributed by atoms with Crippen molar-refractivity contribution in [3.63, 3.8) is 0 Å². The van der Waals surface area contributed by atoms with Crippen molar-refractivity contribution in [2.24, 2.45) is 0 Å². The van der Waals surface area contributed by atoms with E-state index in [-0.39, 0.29) is 5.02 Å². The van der Waals surface area contributed by atoms with E-state index >= 15 is 0 Å². The molecule has 2 aromatic rings. The molecule has 1 N–H and O–H groups in total. The van der Waals surface area contributed by atoms with Crippen molar-refractivity contribution in [1.29, 1.82) is 5.26 Å². The molecule has 6 nitrogen and oxygen atoms in total. The van der Waals surface area contributed by atoms with Crippen LogP contribution in [-0.4, -0.2) is 25.8 Å². The molecular weight excluding hydrogens is 364 g/mol. The number of nitriles is 1. The molecule has 2 rings (SSSR count). The molecule has 0 bridgehead atoms. The summed E-state index contributed by atoms with van der Waals surface area (Å²) in [5.41, 5.74) is 0.870. The van der Waals surface area contributed by atoms with E-state index in [0.29, 0.717) is 22.7 Å². The summed E-state index contributed by atoms with van der Waals surface area (Å²) in [7, 11) is -3.48. The van der Waals surface area contributed by atoms with Crippen LogP contribution in [0.25, 0.3) is 0 Å². The summed E-state index contributed by atoms with van der Waals surface area (Å²) in [4.78, 5) is 11.9. The van der Waals surface area contributed by atoms with Gasteiger partial charge in [0.15, 0.2) is 9.84 Å². The number of hydrogen-bond donors (Lipinski definition) is 1. The highest BCUT2D eigenvalue weighted by molar-refractivity contribution is 7.92. The minimum absolute atomic E-state index is 0.245. The molecule has 0 aliphatic carbocycles. The molecule has 0 saturated carbocycles. The van der Waals surface area contributed by atoms with Gasteiger partial charge in [-0.15, -0.1) is 0 Å². The Hall–Kier alpha value is -2.56. The van der Waals surface area contributed by atoms with Crippen molar-refractivity contribution in [1.82, 2.24) is 0 Å². The molecular formula is C17H15ClN2O4S. The predicted molar refractivity (Wildman–Crippen MR) is 95.6 cm³/mol. The standard InChI is InChI=1S/C17H15ClN2O4S/c1-11(25(2,22)23)17(21)20-13-5-8-16(15(18)9-13)24-14-6-3-12(10-19)4-7-14/h3-9,11H,1-2H3,(H,20,21). The first-order valence-electron chi connectivity index (χ1n) is 7.18. The highest BCUT2D eigenvalue weighted by atomic mass is 35.5. The van der Waals surface area contributed by atoms with Gasteiger partial charge in [0, 0.05) is 11.9 Å². The maximum Gasteiger partial charge on any atom is 0.242 e. The Labute approximate surface area is 150 Å². The largest absolute Gasteiger partial charge is 0.456 e. The summed E-state index contributed by atoms with van der Waals surface area (Å²) in [6.45, 7) is 1.31. The second-order valence-electron chi connectivity index (χ2n) is 5.34. The van der Waals surface area contributed by atoms with Gasteiger partial charge >= 0.3 is 0 Å². The Kier molecular flexibility index (Phi) is 5.67. The molecule has 2 aromatic carbocycles. The number of sulfone groups is 1. The number of hydrogen-bond acceptors (Lipinski definition) is 5. The van der Waals surface area contributed by atoms with E-state index in [1.807, 2.05) is 6.07 Å². The van der Waals surface area contributed by atoms with Crippen molar-refractivity contribution in [2.45, 2.75) is 12.2 Å². The number of carbonyl (C=O) groups is 1. The summed E-state index contributed by atoms with van der Waals surface area (Å²) >= 11 is 6.14. The third-order valence-electron chi connectivity index (χ3n) is 3.42. The van der Waals surface area contributed by atoms with Gasteiger partial charge in [-0.3, -0.25) is 4.79 Å². The zero-order chi connectivity index (χ0) is 18.6. The number of ether oxygens (including phenoxy) is 1. The Morgan fingerprint density at radius 2 is 1.88 bits per heavy atom. The van der Waals surface area contributed by atoms with Gasteiger partial charge < -0.3 is 10.1 Å². The van der Waals surface area contributed by atoms with Gasteiger partial charge in [0.25, 0.3) is 0 Å². The second kappa shape index (κ2) is 7.55. The average molecular weight is 379 g/mol. The van der Waals surface area contributed by atoms with Crippen LogP contribution < -0.4 is 10.1 Å². The van der Waals surface area contributed by atoms with E-state index in [9.17, 15) is 13.2 Å². The number of rotatable bonds is 5. The van der Waals surface area contributed by atoms with E-state index < -0.39 is 21.0 Å². The van der Waals surface area contributed by atoms with Crippen molar-refractivity contribution in [3.05, 3.63) is 53.1 Å². The lowest BCUT2D eigenvalue weighted by molar-refractivity contribution is -0.115. The zero-order valence-corrected chi connectivity index (χ0v) is 15.1. The van der Waals surface area contributed by atoms with Gasteiger partial charge in [-0.1, -0.05) is 11.6 Å². The first kappa shape index (κ1) is 18.8.